The molecule has 17 heavy (non-hydrogen) atoms. The molecular formula is C12H10BrN3O. The summed E-state index contributed by atoms with van der Waals surface area (Å²) < 4.78 is 0.930. The van der Waals surface area contributed by atoms with Gasteiger partial charge < -0.3 is 11.1 Å². The largest absolute Gasteiger partial charge is 0.397 e. The van der Waals surface area contributed by atoms with Crippen molar-refractivity contribution < 1.29 is 4.79 Å². The molecule has 0 saturated heterocycles. The van der Waals surface area contributed by atoms with Gasteiger partial charge in [-0.1, -0.05) is 15.9 Å². The average Bonchev–Trinajstić information content (AvgIpc) is 2.33. The highest BCUT2D eigenvalue weighted by atomic mass is 79.9. The van der Waals surface area contributed by atoms with Crippen molar-refractivity contribution in [2.45, 2.75) is 0 Å². The lowest BCUT2D eigenvalue weighted by molar-refractivity contribution is 0.102. The molecule has 3 N–H and O–H groups in total. The first-order valence-electron chi connectivity index (χ1n) is 4.93. The molecule has 2 aromatic rings. The fraction of sp³-hybridized carbons (Fsp3) is 0. The molecule has 0 saturated carbocycles. The van der Waals surface area contributed by atoms with Crippen molar-refractivity contribution in [2.75, 3.05) is 11.1 Å². The Bertz CT molecular complexity index is 522. The van der Waals surface area contributed by atoms with E-state index in [9.17, 15) is 4.79 Å². The monoisotopic (exact) mass is 291 g/mol. The molecule has 1 amide bonds. The Labute approximate surface area is 107 Å². The van der Waals surface area contributed by atoms with E-state index >= 15 is 0 Å². The summed E-state index contributed by atoms with van der Waals surface area (Å²) in [6, 6.07) is 10.4. The summed E-state index contributed by atoms with van der Waals surface area (Å²) in [6.07, 6.45) is 1.50. The second kappa shape index (κ2) is 4.97. The lowest BCUT2D eigenvalue weighted by Gasteiger charge is -2.04. The third-order valence-electron chi connectivity index (χ3n) is 2.13. The van der Waals surface area contributed by atoms with Gasteiger partial charge in [-0.15, -0.1) is 0 Å². The van der Waals surface area contributed by atoms with Crippen LogP contribution in [-0.2, 0) is 0 Å². The van der Waals surface area contributed by atoms with E-state index < -0.39 is 0 Å². The smallest absolute Gasteiger partial charge is 0.256 e. The number of carbonyl (C=O) groups is 1. The van der Waals surface area contributed by atoms with Crippen molar-refractivity contribution in [1.82, 2.24) is 4.98 Å². The van der Waals surface area contributed by atoms with E-state index in [1.165, 1.54) is 6.20 Å². The van der Waals surface area contributed by atoms with Gasteiger partial charge in [-0.25, -0.2) is 4.98 Å². The highest BCUT2D eigenvalue weighted by Crippen LogP contribution is 2.12. The Kier molecular flexibility index (Phi) is 3.39. The SMILES string of the molecule is Nc1ccc(NC(=O)c2ccc(Br)cc2)nc1. The number of rotatable bonds is 2. The molecule has 0 bridgehead atoms. The number of halogens is 1. The standard InChI is InChI=1S/C12H10BrN3O/c13-9-3-1-8(2-4-9)12(17)16-11-6-5-10(14)7-15-11/h1-7H,14H2,(H,15,16,17). The maximum Gasteiger partial charge on any atom is 0.256 e. The number of hydrogen-bond donors (Lipinski definition) is 2. The molecule has 2 rings (SSSR count). The van der Waals surface area contributed by atoms with Gasteiger partial charge >= 0.3 is 0 Å². The summed E-state index contributed by atoms with van der Waals surface area (Å²) in [6.45, 7) is 0. The Morgan fingerprint density at radius 2 is 1.88 bits per heavy atom. The van der Waals surface area contributed by atoms with Gasteiger partial charge in [0.05, 0.1) is 11.9 Å². The van der Waals surface area contributed by atoms with Crippen LogP contribution in [0.4, 0.5) is 11.5 Å². The molecular weight excluding hydrogens is 282 g/mol. The molecule has 5 heteroatoms. The molecule has 0 aliphatic carbocycles. The van der Waals surface area contributed by atoms with E-state index in [0.29, 0.717) is 17.1 Å². The molecule has 0 spiro atoms. The Morgan fingerprint density at radius 1 is 1.18 bits per heavy atom. The Hall–Kier alpha value is -1.88. The number of benzene rings is 1. The predicted molar refractivity (Wildman–Crippen MR) is 70.7 cm³/mol. The molecule has 1 aromatic carbocycles. The van der Waals surface area contributed by atoms with Crippen LogP contribution in [0.2, 0.25) is 0 Å². The minimum Gasteiger partial charge on any atom is -0.397 e. The van der Waals surface area contributed by atoms with Gasteiger partial charge in [0.1, 0.15) is 5.82 Å². The zero-order chi connectivity index (χ0) is 12.3. The van der Waals surface area contributed by atoms with Gasteiger partial charge in [-0.2, -0.15) is 0 Å². The number of carbonyl (C=O) groups excluding carboxylic acids is 1. The summed E-state index contributed by atoms with van der Waals surface area (Å²) in [5.74, 6) is 0.280. The summed E-state index contributed by atoms with van der Waals surface area (Å²) in [7, 11) is 0. The molecule has 1 aromatic heterocycles. The molecule has 0 aliphatic rings. The van der Waals surface area contributed by atoms with Crippen molar-refractivity contribution in [3.63, 3.8) is 0 Å². The number of nitrogens with zero attached hydrogens (tertiary/aromatic N) is 1. The molecule has 0 radical (unpaired) electrons. The predicted octanol–water partition coefficient (Wildman–Crippen LogP) is 2.68. The van der Waals surface area contributed by atoms with Crippen molar-refractivity contribution >= 4 is 33.3 Å². The number of nitrogen functional groups attached to an aromatic ring is 1. The van der Waals surface area contributed by atoms with Crippen LogP contribution in [0.25, 0.3) is 0 Å². The van der Waals surface area contributed by atoms with Gasteiger partial charge in [0, 0.05) is 10.0 Å². The van der Waals surface area contributed by atoms with Gasteiger partial charge in [-0.05, 0) is 36.4 Å². The third-order valence-corrected chi connectivity index (χ3v) is 2.66. The second-order valence-electron chi connectivity index (χ2n) is 3.44. The maximum absolute atomic E-state index is 11.8. The summed E-state index contributed by atoms with van der Waals surface area (Å²) in [5.41, 5.74) is 6.64. The number of nitrogens with one attached hydrogen (secondary N) is 1. The minimum absolute atomic E-state index is 0.199. The van der Waals surface area contributed by atoms with E-state index in [1.807, 2.05) is 12.1 Å². The quantitative estimate of drug-likeness (QED) is 0.894. The topological polar surface area (TPSA) is 68.0 Å². The van der Waals surface area contributed by atoms with Crippen LogP contribution in [-0.4, -0.2) is 10.9 Å². The zero-order valence-corrected chi connectivity index (χ0v) is 10.4. The molecule has 0 atom stereocenters. The van der Waals surface area contributed by atoms with Crippen molar-refractivity contribution in [1.29, 1.82) is 0 Å². The third kappa shape index (κ3) is 3.04. The minimum atomic E-state index is -0.199. The van der Waals surface area contributed by atoms with E-state index in [-0.39, 0.29) is 5.91 Å². The number of amides is 1. The van der Waals surface area contributed by atoms with Gasteiger partial charge in [0.15, 0.2) is 0 Å². The van der Waals surface area contributed by atoms with E-state index in [1.54, 1.807) is 24.3 Å². The van der Waals surface area contributed by atoms with E-state index in [2.05, 4.69) is 26.2 Å². The Morgan fingerprint density at radius 3 is 2.47 bits per heavy atom. The number of aromatic nitrogens is 1. The van der Waals surface area contributed by atoms with Crippen LogP contribution >= 0.6 is 15.9 Å². The zero-order valence-electron chi connectivity index (χ0n) is 8.85. The van der Waals surface area contributed by atoms with Crippen molar-refractivity contribution in [3.05, 3.63) is 52.6 Å². The van der Waals surface area contributed by atoms with Crippen LogP contribution in [0.5, 0.6) is 0 Å². The fourth-order valence-electron chi connectivity index (χ4n) is 1.27. The van der Waals surface area contributed by atoms with Crippen molar-refractivity contribution in [2.24, 2.45) is 0 Å². The number of pyridine rings is 1. The summed E-state index contributed by atoms with van der Waals surface area (Å²) in [4.78, 5) is 15.8. The number of anilines is 2. The van der Waals surface area contributed by atoms with Gasteiger partial charge in [0.25, 0.3) is 5.91 Å². The van der Waals surface area contributed by atoms with Crippen LogP contribution in [0, 0.1) is 0 Å². The molecule has 4 nitrogen and oxygen atoms in total. The number of nitrogens with two attached hydrogens (primary N) is 1. The molecule has 0 aliphatic heterocycles. The van der Waals surface area contributed by atoms with Crippen LogP contribution in [0.1, 0.15) is 10.4 Å². The normalized spacial score (nSPS) is 9.94. The van der Waals surface area contributed by atoms with Crippen LogP contribution in [0.3, 0.4) is 0 Å². The highest BCUT2D eigenvalue weighted by Gasteiger charge is 2.05. The average molecular weight is 292 g/mol. The van der Waals surface area contributed by atoms with Gasteiger partial charge in [-0.3, -0.25) is 4.79 Å². The van der Waals surface area contributed by atoms with E-state index in [0.717, 1.165) is 4.47 Å². The summed E-state index contributed by atoms with van der Waals surface area (Å²) in [5, 5.41) is 2.68. The van der Waals surface area contributed by atoms with E-state index in [4.69, 9.17) is 5.73 Å². The van der Waals surface area contributed by atoms with Crippen LogP contribution in [0.15, 0.2) is 47.1 Å². The Balaban J connectivity index is 2.11. The fourth-order valence-corrected chi connectivity index (χ4v) is 1.53. The first kappa shape index (κ1) is 11.6. The number of hydrogen-bond acceptors (Lipinski definition) is 3. The van der Waals surface area contributed by atoms with Crippen molar-refractivity contribution in [3.8, 4) is 0 Å². The lowest BCUT2D eigenvalue weighted by atomic mass is 10.2. The second-order valence-corrected chi connectivity index (χ2v) is 4.35. The van der Waals surface area contributed by atoms with Crippen LogP contribution < -0.4 is 11.1 Å². The molecule has 0 unspecified atom stereocenters. The first-order valence-corrected chi connectivity index (χ1v) is 5.73. The molecule has 0 fully saturated rings. The molecule has 1 heterocycles. The van der Waals surface area contributed by atoms with Gasteiger partial charge in [0.2, 0.25) is 0 Å². The summed E-state index contributed by atoms with van der Waals surface area (Å²) >= 11 is 3.31. The molecule has 86 valence electrons. The maximum atomic E-state index is 11.8. The lowest BCUT2D eigenvalue weighted by Crippen LogP contribution is -2.12. The highest BCUT2D eigenvalue weighted by molar-refractivity contribution is 9.10. The first-order chi connectivity index (χ1) is 8.15.